The van der Waals surface area contributed by atoms with Gasteiger partial charge in [0.2, 0.25) is 0 Å². The fraction of sp³-hybridized carbons (Fsp3) is 0.292. The number of ether oxygens (including phenoxy) is 3. The first-order valence-electron chi connectivity index (χ1n) is 10.0. The average molecular weight is 405 g/mol. The lowest BCUT2D eigenvalue weighted by Gasteiger charge is -2.22. The molecule has 0 saturated heterocycles. The van der Waals surface area contributed by atoms with Crippen molar-refractivity contribution in [3.05, 3.63) is 65.7 Å². The molecule has 6 nitrogen and oxygen atoms in total. The maximum Gasteiger partial charge on any atom is 0.194 e. The van der Waals surface area contributed by atoms with Gasteiger partial charge in [-0.25, -0.2) is 0 Å². The van der Waals surface area contributed by atoms with Crippen LogP contribution in [0.15, 0.2) is 59.6 Å². The van der Waals surface area contributed by atoms with Gasteiger partial charge in [0.15, 0.2) is 5.96 Å². The molecule has 3 aromatic carbocycles. The number of nitrogens with one attached hydrogen (secondary N) is 1. The molecule has 0 saturated carbocycles. The van der Waals surface area contributed by atoms with E-state index in [1.165, 1.54) is 16.3 Å². The number of hydrogen-bond donors (Lipinski definition) is 1. The number of aliphatic imine (C=N–C) groups is 1. The standard InChI is InChI=1S/C24H27N3O3/c1-28-21-8-6-18-12-17(4-5-19(18)13-21)15-26-24-25-10-11-27(24)16-20-7-9-22(29-2)14-23(20)30-3/h4-9,12-14H,10-11,15-16H2,1-3H3,(H,25,26). The molecule has 1 heterocycles. The topological polar surface area (TPSA) is 55.3 Å². The number of methoxy groups -OCH3 is 3. The third kappa shape index (κ3) is 4.27. The lowest BCUT2D eigenvalue weighted by atomic mass is 10.1. The van der Waals surface area contributed by atoms with Crippen LogP contribution in [0.5, 0.6) is 17.2 Å². The van der Waals surface area contributed by atoms with Crippen LogP contribution in [0.25, 0.3) is 10.8 Å². The third-order valence-corrected chi connectivity index (χ3v) is 5.35. The quantitative estimate of drug-likeness (QED) is 0.648. The van der Waals surface area contributed by atoms with Gasteiger partial charge in [0.25, 0.3) is 0 Å². The zero-order valence-electron chi connectivity index (χ0n) is 17.6. The molecule has 0 fully saturated rings. The Morgan fingerprint density at radius 1 is 0.867 bits per heavy atom. The van der Waals surface area contributed by atoms with Gasteiger partial charge in [-0.2, -0.15) is 0 Å². The molecule has 0 bridgehead atoms. The summed E-state index contributed by atoms with van der Waals surface area (Å²) in [4.78, 5) is 6.90. The Bertz CT molecular complexity index is 1060. The Labute approximate surface area is 177 Å². The molecule has 1 aliphatic rings. The highest BCUT2D eigenvalue weighted by Crippen LogP contribution is 2.26. The Kier molecular flexibility index (Phi) is 5.93. The van der Waals surface area contributed by atoms with Crippen LogP contribution in [0, 0.1) is 0 Å². The predicted molar refractivity (Wildman–Crippen MR) is 120 cm³/mol. The minimum absolute atomic E-state index is 0.719. The molecule has 0 spiro atoms. The molecule has 1 N–H and O–H groups in total. The minimum Gasteiger partial charge on any atom is -0.497 e. The molecule has 3 aromatic rings. The van der Waals surface area contributed by atoms with Crippen molar-refractivity contribution in [3.8, 4) is 17.2 Å². The Balaban J connectivity index is 1.43. The zero-order valence-corrected chi connectivity index (χ0v) is 17.6. The number of benzene rings is 3. The molecule has 156 valence electrons. The summed E-state index contributed by atoms with van der Waals surface area (Å²) in [6, 6.07) is 18.5. The normalized spacial score (nSPS) is 13.3. The van der Waals surface area contributed by atoms with Crippen LogP contribution in [0.3, 0.4) is 0 Å². The number of guanidine groups is 1. The Morgan fingerprint density at radius 2 is 1.60 bits per heavy atom. The molecule has 4 rings (SSSR count). The predicted octanol–water partition coefficient (Wildman–Crippen LogP) is 3.83. The summed E-state index contributed by atoms with van der Waals surface area (Å²) in [5.74, 6) is 3.41. The molecule has 0 amide bonds. The van der Waals surface area contributed by atoms with Gasteiger partial charge in [0, 0.05) is 31.3 Å². The summed E-state index contributed by atoms with van der Waals surface area (Å²) < 4.78 is 16.1. The van der Waals surface area contributed by atoms with E-state index in [1.807, 2.05) is 24.3 Å². The van der Waals surface area contributed by atoms with E-state index >= 15 is 0 Å². The van der Waals surface area contributed by atoms with Gasteiger partial charge in [-0.1, -0.05) is 18.2 Å². The van der Waals surface area contributed by atoms with Gasteiger partial charge in [0.05, 0.1) is 27.9 Å². The average Bonchev–Trinajstić information content (AvgIpc) is 3.24. The van der Waals surface area contributed by atoms with Crippen molar-refractivity contribution in [2.24, 2.45) is 4.99 Å². The van der Waals surface area contributed by atoms with Gasteiger partial charge in [0.1, 0.15) is 17.2 Å². The molecule has 0 atom stereocenters. The van der Waals surface area contributed by atoms with Crippen LogP contribution in [-0.4, -0.2) is 45.3 Å². The highest BCUT2D eigenvalue weighted by atomic mass is 16.5. The summed E-state index contributed by atoms with van der Waals surface area (Å²) in [5, 5.41) is 5.87. The van der Waals surface area contributed by atoms with Gasteiger partial charge in [-0.15, -0.1) is 0 Å². The van der Waals surface area contributed by atoms with E-state index in [-0.39, 0.29) is 0 Å². The second-order valence-corrected chi connectivity index (χ2v) is 7.21. The minimum atomic E-state index is 0.719. The van der Waals surface area contributed by atoms with Crippen molar-refractivity contribution in [1.29, 1.82) is 0 Å². The van der Waals surface area contributed by atoms with Crippen LogP contribution < -0.4 is 19.5 Å². The SMILES string of the molecule is COc1ccc(CN2CCN=C2NCc2ccc3cc(OC)ccc3c2)c(OC)c1. The molecule has 0 radical (unpaired) electrons. The maximum absolute atomic E-state index is 5.54. The van der Waals surface area contributed by atoms with E-state index in [2.05, 4.69) is 45.5 Å². The second-order valence-electron chi connectivity index (χ2n) is 7.21. The van der Waals surface area contributed by atoms with Crippen molar-refractivity contribution < 1.29 is 14.2 Å². The van der Waals surface area contributed by atoms with E-state index < -0.39 is 0 Å². The van der Waals surface area contributed by atoms with Crippen molar-refractivity contribution in [2.75, 3.05) is 34.4 Å². The molecular weight excluding hydrogens is 378 g/mol. The van der Waals surface area contributed by atoms with Gasteiger partial charge in [-0.3, -0.25) is 4.99 Å². The molecule has 0 aliphatic carbocycles. The summed E-state index contributed by atoms with van der Waals surface area (Å²) in [6.45, 7) is 3.13. The van der Waals surface area contributed by atoms with Crippen molar-refractivity contribution in [1.82, 2.24) is 10.2 Å². The first-order valence-corrected chi connectivity index (χ1v) is 10.0. The largest absolute Gasteiger partial charge is 0.497 e. The molecular formula is C24H27N3O3. The van der Waals surface area contributed by atoms with Crippen molar-refractivity contribution >= 4 is 16.7 Å². The molecule has 0 aromatic heterocycles. The van der Waals surface area contributed by atoms with Crippen molar-refractivity contribution in [2.45, 2.75) is 13.1 Å². The van der Waals surface area contributed by atoms with E-state index in [0.717, 1.165) is 55.0 Å². The Hall–Kier alpha value is -3.41. The van der Waals surface area contributed by atoms with Gasteiger partial charge in [-0.05, 0) is 46.7 Å². The highest BCUT2D eigenvalue weighted by molar-refractivity contribution is 5.85. The fourth-order valence-corrected chi connectivity index (χ4v) is 3.68. The summed E-state index contributed by atoms with van der Waals surface area (Å²) in [5.41, 5.74) is 2.32. The summed E-state index contributed by atoms with van der Waals surface area (Å²) in [6.07, 6.45) is 0. The summed E-state index contributed by atoms with van der Waals surface area (Å²) in [7, 11) is 5.03. The number of fused-ring (bicyclic) bond motifs is 1. The van der Waals surface area contributed by atoms with Crippen LogP contribution in [0.4, 0.5) is 0 Å². The monoisotopic (exact) mass is 405 g/mol. The van der Waals surface area contributed by atoms with E-state index in [1.54, 1.807) is 21.3 Å². The van der Waals surface area contributed by atoms with Crippen LogP contribution >= 0.6 is 0 Å². The summed E-state index contributed by atoms with van der Waals surface area (Å²) >= 11 is 0. The van der Waals surface area contributed by atoms with Crippen LogP contribution in [0.2, 0.25) is 0 Å². The van der Waals surface area contributed by atoms with Gasteiger partial charge >= 0.3 is 0 Å². The van der Waals surface area contributed by atoms with Gasteiger partial charge < -0.3 is 24.4 Å². The fourth-order valence-electron chi connectivity index (χ4n) is 3.68. The van der Waals surface area contributed by atoms with E-state index in [9.17, 15) is 0 Å². The number of hydrogen-bond acceptors (Lipinski definition) is 6. The molecule has 1 aliphatic heterocycles. The third-order valence-electron chi connectivity index (χ3n) is 5.35. The van der Waals surface area contributed by atoms with E-state index in [4.69, 9.17) is 14.2 Å². The zero-order chi connectivity index (χ0) is 20.9. The van der Waals surface area contributed by atoms with Crippen molar-refractivity contribution in [3.63, 3.8) is 0 Å². The van der Waals surface area contributed by atoms with Crippen LogP contribution in [0.1, 0.15) is 11.1 Å². The Morgan fingerprint density at radius 3 is 2.40 bits per heavy atom. The molecule has 30 heavy (non-hydrogen) atoms. The number of nitrogens with zero attached hydrogens (tertiary/aromatic N) is 2. The second kappa shape index (κ2) is 8.95. The molecule has 0 unspecified atom stereocenters. The first-order chi connectivity index (χ1) is 14.7. The maximum atomic E-state index is 5.54. The lowest BCUT2D eigenvalue weighted by molar-refractivity contribution is 0.377. The van der Waals surface area contributed by atoms with Crippen LogP contribution in [-0.2, 0) is 13.1 Å². The first kappa shape index (κ1) is 19.9. The lowest BCUT2D eigenvalue weighted by Crippen LogP contribution is -2.37. The molecule has 6 heteroatoms. The number of rotatable bonds is 7. The smallest absolute Gasteiger partial charge is 0.194 e. The van der Waals surface area contributed by atoms with E-state index in [0.29, 0.717) is 0 Å². The highest BCUT2D eigenvalue weighted by Gasteiger charge is 2.19.